The van der Waals surface area contributed by atoms with Crippen LogP contribution >= 0.6 is 11.6 Å². The first-order chi connectivity index (χ1) is 9.65. The van der Waals surface area contributed by atoms with E-state index in [1.165, 1.54) is 6.07 Å². The molecule has 1 aliphatic carbocycles. The molecule has 1 heterocycles. The Bertz CT molecular complexity index is 667. The Labute approximate surface area is 120 Å². The number of carbonyl (C=O) groups is 1. The number of nitrogens with zero attached hydrogens (tertiary/aromatic N) is 2. The maximum absolute atomic E-state index is 13.7. The molecule has 0 aliphatic heterocycles. The molecule has 0 saturated carbocycles. The molecule has 1 aromatic carbocycles. The molecule has 1 aromatic heterocycles. The van der Waals surface area contributed by atoms with Crippen molar-refractivity contribution in [2.75, 3.05) is 0 Å². The fraction of sp³-hybridized carbons (Fsp3) is 0.267. The van der Waals surface area contributed by atoms with Gasteiger partial charge in [0.05, 0.1) is 11.3 Å². The Morgan fingerprint density at radius 1 is 1.30 bits per heavy atom. The summed E-state index contributed by atoms with van der Waals surface area (Å²) in [6, 6.07) is 4.57. The minimum absolute atomic E-state index is 0.0849. The molecule has 20 heavy (non-hydrogen) atoms. The molecule has 0 spiro atoms. The predicted molar refractivity (Wildman–Crippen MR) is 73.5 cm³/mol. The normalized spacial score (nSPS) is 14.2. The third-order valence-electron chi connectivity index (χ3n) is 3.43. The Balaban J connectivity index is 1.94. The van der Waals surface area contributed by atoms with E-state index in [9.17, 15) is 9.18 Å². The average Bonchev–Trinajstić information content (AvgIpc) is 2.43. The van der Waals surface area contributed by atoms with Gasteiger partial charge < -0.3 is 0 Å². The lowest BCUT2D eigenvalue weighted by Crippen LogP contribution is -2.15. The van der Waals surface area contributed by atoms with Crippen LogP contribution in [-0.4, -0.2) is 15.8 Å². The Kier molecular flexibility index (Phi) is 3.49. The van der Waals surface area contributed by atoms with E-state index in [0.717, 1.165) is 18.5 Å². The number of aromatic nitrogens is 2. The van der Waals surface area contributed by atoms with Gasteiger partial charge in [0.15, 0.2) is 5.78 Å². The SMILES string of the molecule is O=C1CCCc2nc(Cc3c(F)cccc3Cl)ncc21. The first-order valence-electron chi connectivity index (χ1n) is 6.46. The van der Waals surface area contributed by atoms with Crippen LogP contribution in [0.25, 0.3) is 0 Å². The third-order valence-corrected chi connectivity index (χ3v) is 3.79. The summed E-state index contributed by atoms with van der Waals surface area (Å²) >= 11 is 6.00. The summed E-state index contributed by atoms with van der Waals surface area (Å²) < 4.78 is 13.7. The minimum atomic E-state index is -0.366. The van der Waals surface area contributed by atoms with Crippen LogP contribution in [-0.2, 0) is 12.8 Å². The Morgan fingerprint density at radius 2 is 2.15 bits per heavy atom. The van der Waals surface area contributed by atoms with Gasteiger partial charge in [0.1, 0.15) is 11.6 Å². The number of Topliss-reactive ketones (excluding diaryl/α,β-unsaturated/α-hetero) is 1. The molecule has 5 heteroatoms. The molecule has 0 atom stereocenters. The monoisotopic (exact) mass is 290 g/mol. The zero-order valence-corrected chi connectivity index (χ0v) is 11.5. The molecule has 0 saturated heterocycles. The molecule has 0 fully saturated rings. The fourth-order valence-electron chi connectivity index (χ4n) is 2.38. The summed E-state index contributed by atoms with van der Waals surface area (Å²) in [7, 11) is 0. The minimum Gasteiger partial charge on any atom is -0.294 e. The van der Waals surface area contributed by atoms with Crippen LogP contribution in [0.1, 0.15) is 40.3 Å². The number of rotatable bonds is 2. The van der Waals surface area contributed by atoms with Gasteiger partial charge in [0.25, 0.3) is 0 Å². The highest BCUT2D eigenvalue weighted by Gasteiger charge is 2.20. The molecule has 0 unspecified atom stereocenters. The standard InChI is InChI=1S/C15H12ClFN2O/c16-11-3-1-4-12(17)9(11)7-15-18-8-10-13(19-15)5-2-6-14(10)20/h1,3-4,8H,2,5-7H2. The van der Waals surface area contributed by atoms with Gasteiger partial charge in [-0.15, -0.1) is 0 Å². The zero-order valence-electron chi connectivity index (χ0n) is 10.7. The van der Waals surface area contributed by atoms with Crippen molar-refractivity contribution in [1.29, 1.82) is 0 Å². The van der Waals surface area contributed by atoms with Gasteiger partial charge in [-0.3, -0.25) is 4.79 Å². The molecule has 2 aromatic rings. The molecule has 3 nitrogen and oxygen atoms in total. The fourth-order valence-corrected chi connectivity index (χ4v) is 2.61. The van der Waals surface area contributed by atoms with Crippen molar-refractivity contribution in [3.8, 4) is 0 Å². The van der Waals surface area contributed by atoms with Crippen LogP contribution in [0.4, 0.5) is 4.39 Å². The van der Waals surface area contributed by atoms with Crippen LogP contribution < -0.4 is 0 Å². The Hall–Kier alpha value is -1.81. The highest BCUT2D eigenvalue weighted by atomic mass is 35.5. The number of aryl methyl sites for hydroxylation is 1. The number of hydrogen-bond acceptors (Lipinski definition) is 3. The number of ketones is 1. The third kappa shape index (κ3) is 2.43. The van der Waals surface area contributed by atoms with Gasteiger partial charge in [0.2, 0.25) is 0 Å². The summed E-state index contributed by atoms with van der Waals surface area (Å²) in [4.78, 5) is 20.2. The number of benzene rings is 1. The smallest absolute Gasteiger partial charge is 0.166 e. The number of carbonyl (C=O) groups excluding carboxylic acids is 1. The number of halogens is 2. The lowest BCUT2D eigenvalue weighted by molar-refractivity contribution is 0.0971. The largest absolute Gasteiger partial charge is 0.294 e. The van der Waals surface area contributed by atoms with E-state index < -0.39 is 0 Å². The molecule has 0 amide bonds. The zero-order chi connectivity index (χ0) is 14.1. The summed E-state index contributed by atoms with van der Waals surface area (Å²) in [5.74, 6) is 0.210. The van der Waals surface area contributed by atoms with E-state index >= 15 is 0 Å². The van der Waals surface area contributed by atoms with Crippen molar-refractivity contribution in [3.63, 3.8) is 0 Å². The first-order valence-corrected chi connectivity index (χ1v) is 6.84. The van der Waals surface area contributed by atoms with Gasteiger partial charge in [-0.05, 0) is 25.0 Å². The molecular weight excluding hydrogens is 279 g/mol. The van der Waals surface area contributed by atoms with Gasteiger partial charge in [-0.1, -0.05) is 17.7 Å². The summed E-state index contributed by atoms with van der Waals surface area (Å²) in [6.45, 7) is 0. The van der Waals surface area contributed by atoms with Crippen LogP contribution in [0.15, 0.2) is 24.4 Å². The van der Waals surface area contributed by atoms with Gasteiger partial charge >= 0.3 is 0 Å². The van der Waals surface area contributed by atoms with E-state index in [0.29, 0.717) is 28.4 Å². The highest BCUT2D eigenvalue weighted by Crippen LogP contribution is 2.23. The maximum Gasteiger partial charge on any atom is 0.166 e. The molecule has 0 bridgehead atoms. The van der Waals surface area contributed by atoms with Crippen molar-refractivity contribution in [2.24, 2.45) is 0 Å². The van der Waals surface area contributed by atoms with Crippen LogP contribution in [0.3, 0.4) is 0 Å². The van der Waals surface area contributed by atoms with E-state index in [1.807, 2.05) is 0 Å². The van der Waals surface area contributed by atoms with Crippen LogP contribution in [0.2, 0.25) is 5.02 Å². The lowest BCUT2D eigenvalue weighted by Gasteiger charge is -2.14. The molecule has 102 valence electrons. The van der Waals surface area contributed by atoms with Gasteiger partial charge in [-0.2, -0.15) is 0 Å². The quantitative estimate of drug-likeness (QED) is 0.851. The Morgan fingerprint density at radius 3 is 2.95 bits per heavy atom. The molecule has 0 radical (unpaired) electrons. The second-order valence-corrected chi connectivity index (χ2v) is 5.21. The van der Waals surface area contributed by atoms with Crippen LogP contribution in [0.5, 0.6) is 0 Å². The summed E-state index contributed by atoms with van der Waals surface area (Å²) in [5.41, 5.74) is 1.74. The summed E-state index contributed by atoms with van der Waals surface area (Å²) in [6.07, 6.45) is 3.90. The van der Waals surface area contributed by atoms with E-state index in [2.05, 4.69) is 9.97 Å². The van der Waals surface area contributed by atoms with Crippen molar-refractivity contribution >= 4 is 17.4 Å². The van der Waals surface area contributed by atoms with Crippen molar-refractivity contribution < 1.29 is 9.18 Å². The highest BCUT2D eigenvalue weighted by molar-refractivity contribution is 6.31. The first kappa shape index (κ1) is 13.2. The maximum atomic E-state index is 13.7. The number of hydrogen-bond donors (Lipinski definition) is 0. The topological polar surface area (TPSA) is 42.9 Å². The average molecular weight is 291 g/mol. The molecular formula is C15H12ClFN2O. The molecule has 3 rings (SSSR count). The predicted octanol–water partition coefficient (Wildman–Crippen LogP) is 3.38. The molecule has 0 N–H and O–H groups in total. The van der Waals surface area contributed by atoms with Crippen molar-refractivity contribution in [1.82, 2.24) is 9.97 Å². The second kappa shape index (κ2) is 5.29. The van der Waals surface area contributed by atoms with Crippen LogP contribution in [0, 0.1) is 5.82 Å². The van der Waals surface area contributed by atoms with Crippen molar-refractivity contribution in [3.05, 3.63) is 57.9 Å². The molecule has 1 aliphatic rings. The van der Waals surface area contributed by atoms with Crippen molar-refractivity contribution in [2.45, 2.75) is 25.7 Å². The lowest BCUT2D eigenvalue weighted by atomic mass is 9.96. The van der Waals surface area contributed by atoms with Gasteiger partial charge in [-0.25, -0.2) is 14.4 Å². The number of fused-ring (bicyclic) bond motifs is 1. The van der Waals surface area contributed by atoms with E-state index in [1.54, 1.807) is 18.3 Å². The second-order valence-electron chi connectivity index (χ2n) is 4.80. The van der Waals surface area contributed by atoms with Gasteiger partial charge in [0, 0.05) is 29.6 Å². The van der Waals surface area contributed by atoms with E-state index in [-0.39, 0.29) is 18.0 Å². The summed E-state index contributed by atoms with van der Waals surface area (Å²) in [5, 5.41) is 0.363. The van der Waals surface area contributed by atoms with E-state index in [4.69, 9.17) is 11.6 Å².